The summed E-state index contributed by atoms with van der Waals surface area (Å²) in [6.07, 6.45) is 2.43. The molecule has 3 aliphatic rings. The predicted octanol–water partition coefficient (Wildman–Crippen LogP) is 2.23. The summed E-state index contributed by atoms with van der Waals surface area (Å²) in [5.74, 6) is 0.514. The first-order chi connectivity index (χ1) is 14.3. The average Bonchev–Trinajstić information content (AvgIpc) is 3.19. The highest BCUT2D eigenvalue weighted by Crippen LogP contribution is 2.34. The molecule has 3 heterocycles. The first kappa shape index (κ1) is 20.7. The summed E-state index contributed by atoms with van der Waals surface area (Å²) in [6.45, 7) is 3.99. The molecule has 0 saturated carbocycles. The van der Waals surface area contributed by atoms with Gasteiger partial charge in [0.1, 0.15) is 0 Å². The number of imide groups is 1. The number of amides is 3. The van der Waals surface area contributed by atoms with Gasteiger partial charge in [-0.3, -0.25) is 9.69 Å². The van der Waals surface area contributed by atoms with Crippen LogP contribution in [0, 0.1) is 0 Å². The first-order valence-electron chi connectivity index (χ1n) is 10.1. The van der Waals surface area contributed by atoms with Crippen molar-refractivity contribution in [3.05, 3.63) is 46.7 Å². The summed E-state index contributed by atoms with van der Waals surface area (Å²) in [6, 6.07) is 6.34. The van der Waals surface area contributed by atoms with E-state index < -0.39 is 12.2 Å². The zero-order valence-electron chi connectivity index (χ0n) is 17.7. The van der Waals surface area contributed by atoms with Crippen LogP contribution in [0.1, 0.15) is 18.9 Å². The van der Waals surface area contributed by atoms with Gasteiger partial charge in [0.2, 0.25) is 5.96 Å². The van der Waals surface area contributed by atoms with Crippen molar-refractivity contribution in [2.75, 3.05) is 34.2 Å². The molecule has 2 unspecified atom stereocenters. The number of nitrogens with zero attached hydrogens (tertiary/aromatic N) is 6. The molecule has 0 aliphatic carbocycles. The monoisotopic (exact) mass is 430 g/mol. The van der Waals surface area contributed by atoms with E-state index in [1.807, 2.05) is 44.3 Å². The van der Waals surface area contributed by atoms with Crippen molar-refractivity contribution in [1.29, 1.82) is 0 Å². The Hall–Kier alpha value is -2.58. The van der Waals surface area contributed by atoms with Crippen LogP contribution in [-0.2, 0) is 11.3 Å². The number of halogens is 1. The van der Waals surface area contributed by atoms with Crippen LogP contribution in [0.5, 0.6) is 0 Å². The topological polar surface area (TPSA) is 62.7 Å². The van der Waals surface area contributed by atoms with E-state index in [-0.39, 0.29) is 18.5 Å². The van der Waals surface area contributed by atoms with Crippen LogP contribution in [0.3, 0.4) is 0 Å². The van der Waals surface area contributed by atoms with Crippen LogP contribution in [0.4, 0.5) is 4.79 Å². The second-order valence-electron chi connectivity index (χ2n) is 8.22. The van der Waals surface area contributed by atoms with Crippen molar-refractivity contribution in [2.24, 2.45) is 4.99 Å². The Morgan fingerprint density at radius 3 is 2.67 bits per heavy atom. The zero-order chi connectivity index (χ0) is 21.6. The van der Waals surface area contributed by atoms with Gasteiger partial charge in [0.05, 0.1) is 6.54 Å². The van der Waals surface area contributed by atoms with Crippen LogP contribution in [-0.4, -0.2) is 88.8 Å². The van der Waals surface area contributed by atoms with Gasteiger partial charge >= 0.3 is 6.03 Å². The highest BCUT2D eigenvalue weighted by Gasteiger charge is 2.54. The fraction of sp³-hybridized carbons (Fsp3) is 0.476. The van der Waals surface area contributed by atoms with Crippen molar-refractivity contribution in [2.45, 2.75) is 32.1 Å². The number of hydrogen-bond donors (Lipinski definition) is 0. The average molecular weight is 431 g/mol. The second kappa shape index (κ2) is 7.92. The number of benzene rings is 1. The number of carbonyl (C=O) groups is 2. The fourth-order valence-electron chi connectivity index (χ4n) is 4.19. The van der Waals surface area contributed by atoms with Gasteiger partial charge in [-0.2, -0.15) is 0 Å². The lowest BCUT2D eigenvalue weighted by Gasteiger charge is -2.40. The summed E-state index contributed by atoms with van der Waals surface area (Å²) in [5.41, 5.74) is 1.87. The van der Waals surface area contributed by atoms with E-state index in [4.69, 9.17) is 16.6 Å². The Labute approximate surface area is 182 Å². The number of rotatable bonds is 6. The molecule has 2 atom stereocenters. The SMILES string of the molecule is CC1=CN2C(=NC3C2C(=O)N(Cc2cccc(Cl)c2)C(=O)N3C)N1CCCN(C)C. The molecule has 0 spiro atoms. The minimum Gasteiger partial charge on any atom is -0.315 e. The number of aliphatic imine (C=N–C) groups is 1. The maximum atomic E-state index is 13.4. The Balaban J connectivity index is 1.56. The quantitative estimate of drug-likeness (QED) is 0.692. The van der Waals surface area contributed by atoms with Crippen LogP contribution >= 0.6 is 11.6 Å². The molecule has 1 fully saturated rings. The van der Waals surface area contributed by atoms with Crippen molar-refractivity contribution in [3.8, 4) is 0 Å². The van der Waals surface area contributed by atoms with E-state index in [1.54, 1.807) is 24.1 Å². The molecule has 160 valence electrons. The molecule has 9 heteroatoms. The van der Waals surface area contributed by atoms with Crippen LogP contribution in [0.2, 0.25) is 5.02 Å². The fourth-order valence-corrected chi connectivity index (χ4v) is 4.40. The summed E-state index contributed by atoms with van der Waals surface area (Å²) < 4.78 is 0. The number of likely N-dealkylation sites (N-methyl/N-ethyl adjacent to an activating group) is 1. The van der Waals surface area contributed by atoms with Gasteiger partial charge in [-0.15, -0.1) is 0 Å². The highest BCUT2D eigenvalue weighted by molar-refractivity contribution is 6.30. The normalized spacial score (nSPS) is 23.3. The van der Waals surface area contributed by atoms with Crippen molar-refractivity contribution >= 4 is 29.5 Å². The van der Waals surface area contributed by atoms with E-state index >= 15 is 0 Å². The second-order valence-corrected chi connectivity index (χ2v) is 8.66. The molecule has 1 aromatic carbocycles. The van der Waals surface area contributed by atoms with Gasteiger partial charge < -0.3 is 19.6 Å². The number of urea groups is 1. The van der Waals surface area contributed by atoms with E-state index in [1.165, 1.54) is 4.90 Å². The third kappa shape index (κ3) is 3.54. The van der Waals surface area contributed by atoms with Crippen LogP contribution < -0.4 is 0 Å². The molecule has 30 heavy (non-hydrogen) atoms. The number of guanidine groups is 1. The third-order valence-electron chi connectivity index (χ3n) is 5.72. The Morgan fingerprint density at radius 1 is 1.20 bits per heavy atom. The molecule has 1 saturated heterocycles. The molecule has 1 aromatic rings. The summed E-state index contributed by atoms with van der Waals surface area (Å²) >= 11 is 6.08. The predicted molar refractivity (Wildman–Crippen MR) is 116 cm³/mol. The molecule has 0 N–H and O–H groups in total. The number of fused-ring (bicyclic) bond motifs is 3. The van der Waals surface area contributed by atoms with Gasteiger partial charge in [-0.25, -0.2) is 9.79 Å². The Kier molecular flexibility index (Phi) is 5.46. The summed E-state index contributed by atoms with van der Waals surface area (Å²) in [4.78, 5) is 40.2. The number of carbonyl (C=O) groups excluding carboxylic acids is 2. The minimum absolute atomic E-state index is 0.185. The lowest BCUT2D eigenvalue weighted by atomic mass is 10.1. The summed E-state index contributed by atoms with van der Waals surface area (Å²) in [7, 11) is 5.80. The molecule has 0 radical (unpaired) electrons. The largest absolute Gasteiger partial charge is 0.328 e. The van der Waals surface area contributed by atoms with Crippen molar-refractivity contribution in [1.82, 2.24) is 24.5 Å². The zero-order valence-corrected chi connectivity index (χ0v) is 18.5. The van der Waals surface area contributed by atoms with Crippen molar-refractivity contribution in [3.63, 3.8) is 0 Å². The standard InChI is InChI=1S/C21H27ClN6O2/c1-14-12-27-17-18(23-20(27)26(14)10-6-9-24(2)3)25(4)21(30)28(19(17)29)13-15-7-5-8-16(22)11-15/h5,7-8,11-12,17-18H,6,9-10,13H2,1-4H3. The van der Waals surface area contributed by atoms with Crippen molar-refractivity contribution < 1.29 is 9.59 Å². The van der Waals surface area contributed by atoms with Gasteiger partial charge in [0, 0.05) is 30.5 Å². The van der Waals surface area contributed by atoms with Crippen LogP contribution in [0.25, 0.3) is 0 Å². The summed E-state index contributed by atoms with van der Waals surface area (Å²) in [5, 5.41) is 0.577. The van der Waals surface area contributed by atoms with E-state index in [2.05, 4.69) is 9.80 Å². The molecule has 4 rings (SSSR count). The number of allylic oxidation sites excluding steroid dienone is 1. The maximum absolute atomic E-state index is 13.4. The van der Waals surface area contributed by atoms with E-state index in [0.717, 1.165) is 36.7 Å². The van der Waals surface area contributed by atoms with Gasteiger partial charge in [0.15, 0.2) is 12.2 Å². The molecule has 0 aromatic heterocycles. The smallest absolute Gasteiger partial charge is 0.315 e. The Morgan fingerprint density at radius 2 is 1.97 bits per heavy atom. The lowest BCUT2D eigenvalue weighted by molar-refractivity contribution is -0.137. The van der Waals surface area contributed by atoms with Gasteiger partial charge in [-0.1, -0.05) is 23.7 Å². The van der Waals surface area contributed by atoms with Gasteiger partial charge in [-0.05, 0) is 51.7 Å². The molecule has 0 bridgehead atoms. The minimum atomic E-state index is -0.546. The molecular formula is C21H27ClN6O2. The highest BCUT2D eigenvalue weighted by atomic mass is 35.5. The Bertz CT molecular complexity index is 930. The molecule has 8 nitrogen and oxygen atoms in total. The molecule has 3 amide bonds. The lowest BCUT2D eigenvalue weighted by Crippen LogP contribution is -2.63. The first-order valence-corrected chi connectivity index (χ1v) is 10.4. The van der Waals surface area contributed by atoms with Gasteiger partial charge in [0.25, 0.3) is 5.91 Å². The van der Waals surface area contributed by atoms with E-state index in [0.29, 0.717) is 5.02 Å². The van der Waals surface area contributed by atoms with E-state index in [9.17, 15) is 9.59 Å². The van der Waals surface area contributed by atoms with Crippen LogP contribution in [0.15, 0.2) is 41.2 Å². The third-order valence-corrected chi connectivity index (χ3v) is 5.95. The molecular weight excluding hydrogens is 404 g/mol. The number of hydrogen-bond acceptors (Lipinski definition) is 6. The maximum Gasteiger partial charge on any atom is 0.328 e. The molecule has 3 aliphatic heterocycles.